The van der Waals surface area contributed by atoms with Crippen LogP contribution < -0.4 is 5.73 Å². The highest BCUT2D eigenvalue weighted by Gasteiger charge is 2.07. The minimum Gasteiger partial charge on any atom is -0.326 e. The largest absolute Gasteiger partial charge is 0.326 e. The molecule has 0 bridgehead atoms. The van der Waals surface area contributed by atoms with E-state index in [1.807, 2.05) is 47.1 Å². The van der Waals surface area contributed by atoms with E-state index in [4.69, 9.17) is 5.73 Å². The maximum Gasteiger partial charge on any atom is 0.154 e. The van der Waals surface area contributed by atoms with Crippen molar-refractivity contribution in [1.29, 1.82) is 0 Å². The molecule has 0 unspecified atom stereocenters. The molecule has 0 aliphatic heterocycles. The second-order valence-electron chi connectivity index (χ2n) is 5.08. The Hall–Kier alpha value is -2.64. The molecule has 4 nitrogen and oxygen atoms in total. The summed E-state index contributed by atoms with van der Waals surface area (Å²) < 4.78 is 1.84. The lowest BCUT2D eigenvalue weighted by Crippen LogP contribution is -1.98. The summed E-state index contributed by atoms with van der Waals surface area (Å²) in [6.07, 6.45) is 3.78. The zero-order valence-corrected chi connectivity index (χ0v) is 12.6. The Bertz CT molecular complexity index is 835. The quantitative estimate of drug-likeness (QED) is 0.754. The summed E-state index contributed by atoms with van der Waals surface area (Å²) >= 11 is 0. The zero-order chi connectivity index (χ0) is 15.4. The second-order valence-corrected chi connectivity index (χ2v) is 5.08. The normalized spacial score (nSPS) is 10.5. The molecular formula is C18H18N4. The van der Waals surface area contributed by atoms with Crippen molar-refractivity contribution in [2.24, 2.45) is 5.73 Å². The molecule has 3 aromatic rings. The molecule has 110 valence electrons. The number of imidazole rings is 1. The fraction of sp³-hybridized carbons (Fsp3) is 0.222. The maximum atomic E-state index is 5.64. The molecule has 0 saturated carbocycles. The number of nitrogens with zero attached hydrogens (tertiary/aromatic N) is 3. The second kappa shape index (κ2) is 6.42. The van der Waals surface area contributed by atoms with E-state index in [-0.39, 0.29) is 0 Å². The number of hydrogen-bond acceptors (Lipinski definition) is 3. The third kappa shape index (κ3) is 2.85. The Morgan fingerprint density at radius 3 is 2.68 bits per heavy atom. The van der Waals surface area contributed by atoms with Crippen molar-refractivity contribution in [2.75, 3.05) is 0 Å². The molecule has 3 rings (SSSR count). The van der Waals surface area contributed by atoms with E-state index in [1.54, 1.807) is 0 Å². The monoisotopic (exact) mass is 290 g/mol. The SMILES string of the molecule is CCCC#Cc1ccc2ncc(-c3ccc(CN)cc3)n2n1. The van der Waals surface area contributed by atoms with Gasteiger partial charge in [0.15, 0.2) is 5.65 Å². The fourth-order valence-corrected chi connectivity index (χ4v) is 2.23. The van der Waals surface area contributed by atoms with Gasteiger partial charge in [-0.2, -0.15) is 5.10 Å². The fourth-order valence-electron chi connectivity index (χ4n) is 2.23. The molecule has 0 saturated heterocycles. The van der Waals surface area contributed by atoms with Crippen molar-refractivity contribution >= 4 is 5.65 Å². The highest BCUT2D eigenvalue weighted by Crippen LogP contribution is 2.20. The number of aromatic nitrogens is 3. The lowest BCUT2D eigenvalue weighted by atomic mass is 10.1. The summed E-state index contributed by atoms with van der Waals surface area (Å²) in [6.45, 7) is 2.66. The van der Waals surface area contributed by atoms with Gasteiger partial charge in [-0.05, 0) is 30.0 Å². The number of nitrogens with two attached hydrogens (primary N) is 1. The molecule has 2 N–H and O–H groups in total. The summed E-state index contributed by atoms with van der Waals surface area (Å²) in [6, 6.07) is 12.0. The summed E-state index contributed by atoms with van der Waals surface area (Å²) in [4.78, 5) is 4.40. The number of fused-ring (bicyclic) bond motifs is 1. The summed E-state index contributed by atoms with van der Waals surface area (Å²) in [7, 11) is 0. The average Bonchev–Trinajstić information content (AvgIpc) is 2.98. The first-order valence-electron chi connectivity index (χ1n) is 7.45. The van der Waals surface area contributed by atoms with Crippen molar-refractivity contribution in [3.05, 3.63) is 53.9 Å². The Morgan fingerprint density at radius 1 is 1.14 bits per heavy atom. The van der Waals surface area contributed by atoms with Crippen LogP contribution in [-0.2, 0) is 6.54 Å². The predicted molar refractivity (Wildman–Crippen MR) is 88.1 cm³/mol. The van der Waals surface area contributed by atoms with E-state index >= 15 is 0 Å². The van der Waals surface area contributed by atoms with Gasteiger partial charge in [0.05, 0.1) is 11.9 Å². The molecule has 0 amide bonds. The van der Waals surface area contributed by atoms with Crippen molar-refractivity contribution in [3.8, 4) is 23.1 Å². The van der Waals surface area contributed by atoms with Gasteiger partial charge in [0, 0.05) is 18.5 Å². The first-order chi connectivity index (χ1) is 10.8. The van der Waals surface area contributed by atoms with E-state index in [0.717, 1.165) is 41.0 Å². The lowest BCUT2D eigenvalue weighted by molar-refractivity contribution is 0.928. The molecule has 4 heteroatoms. The van der Waals surface area contributed by atoms with E-state index in [1.165, 1.54) is 0 Å². The highest BCUT2D eigenvalue weighted by atomic mass is 15.3. The Labute approximate surface area is 130 Å². The third-order valence-electron chi connectivity index (χ3n) is 3.44. The first kappa shape index (κ1) is 14.3. The van der Waals surface area contributed by atoms with Gasteiger partial charge in [0.2, 0.25) is 0 Å². The van der Waals surface area contributed by atoms with Gasteiger partial charge in [0.25, 0.3) is 0 Å². The van der Waals surface area contributed by atoms with Crippen LogP contribution in [0.4, 0.5) is 0 Å². The van der Waals surface area contributed by atoms with Gasteiger partial charge in [-0.25, -0.2) is 9.50 Å². The summed E-state index contributed by atoms with van der Waals surface area (Å²) in [5, 5.41) is 4.58. The van der Waals surface area contributed by atoms with Crippen LogP contribution in [0.25, 0.3) is 16.9 Å². The minimum atomic E-state index is 0.544. The van der Waals surface area contributed by atoms with E-state index in [0.29, 0.717) is 6.54 Å². The van der Waals surface area contributed by atoms with Crippen molar-refractivity contribution in [3.63, 3.8) is 0 Å². The molecule has 2 aromatic heterocycles. The standard InChI is InChI=1S/C18H18N4/c1-2-3-4-5-16-10-11-18-20-13-17(22(18)21-16)15-8-6-14(12-19)7-9-15/h6-11,13H,2-3,12,19H2,1H3. The summed E-state index contributed by atoms with van der Waals surface area (Å²) in [5.41, 5.74) is 10.4. The number of rotatable bonds is 3. The van der Waals surface area contributed by atoms with Crippen LogP contribution in [0.3, 0.4) is 0 Å². The van der Waals surface area contributed by atoms with Crippen LogP contribution >= 0.6 is 0 Å². The van der Waals surface area contributed by atoms with Crippen molar-refractivity contribution < 1.29 is 0 Å². The van der Waals surface area contributed by atoms with Crippen molar-refractivity contribution in [1.82, 2.24) is 14.6 Å². The molecule has 0 atom stereocenters. The predicted octanol–water partition coefficient (Wildman–Crippen LogP) is 3.01. The zero-order valence-electron chi connectivity index (χ0n) is 12.6. The van der Waals surface area contributed by atoms with Crippen LogP contribution in [0.5, 0.6) is 0 Å². The number of benzene rings is 1. The Balaban J connectivity index is 2.02. The van der Waals surface area contributed by atoms with E-state index in [9.17, 15) is 0 Å². The van der Waals surface area contributed by atoms with Gasteiger partial charge in [-0.3, -0.25) is 0 Å². The van der Waals surface area contributed by atoms with Gasteiger partial charge in [0.1, 0.15) is 5.69 Å². The van der Waals surface area contributed by atoms with Crippen molar-refractivity contribution in [2.45, 2.75) is 26.3 Å². The molecule has 0 aliphatic rings. The Morgan fingerprint density at radius 2 is 1.95 bits per heavy atom. The third-order valence-corrected chi connectivity index (χ3v) is 3.44. The van der Waals surface area contributed by atoms with E-state index < -0.39 is 0 Å². The topological polar surface area (TPSA) is 56.2 Å². The average molecular weight is 290 g/mol. The van der Waals surface area contributed by atoms with Gasteiger partial charge in [-0.1, -0.05) is 37.1 Å². The number of hydrogen-bond donors (Lipinski definition) is 1. The van der Waals surface area contributed by atoms with Gasteiger partial charge in [-0.15, -0.1) is 0 Å². The highest BCUT2D eigenvalue weighted by molar-refractivity contribution is 5.63. The maximum absolute atomic E-state index is 5.64. The molecular weight excluding hydrogens is 272 g/mol. The van der Waals surface area contributed by atoms with Crippen LogP contribution in [0.1, 0.15) is 31.0 Å². The van der Waals surface area contributed by atoms with Crippen LogP contribution in [0, 0.1) is 11.8 Å². The molecule has 0 radical (unpaired) electrons. The molecule has 0 fully saturated rings. The van der Waals surface area contributed by atoms with Gasteiger partial charge >= 0.3 is 0 Å². The summed E-state index contributed by atoms with van der Waals surface area (Å²) in [5.74, 6) is 6.22. The van der Waals surface area contributed by atoms with Crippen LogP contribution in [0.2, 0.25) is 0 Å². The molecule has 22 heavy (non-hydrogen) atoms. The molecule has 2 heterocycles. The molecule has 0 spiro atoms. The Kier molecular flexibility index (Phi) is 4.17. The van der Waals surface area contributed by atoms with E-state index in [2.05, 4.69) is 28.8 Å². The first-order valence-corrected chi connectivity index (χ1v) is 7.45. The van der Waals surface area contributed by atoms with Crippen LogP contribution in [-0.4, -0.2) is 14.6 Å². The minimum absolute atomic E-state index is 0.544. The molecule has 0 aliphatic carbocycles. The molecule has 1 aromatic carbocycles. The smallest absolute Gasteiger partial charge is 0.154 e. The van der Waals surface area contributed by atoms with Crippen LogP contribution in [0.15, 0.2) is 42.6 Å². The number of unbranched alkanes of at least 4 members (excludes halogenated alkanes) is 1. The lowest BCUT2D eigenvalue weighted by Gasteiger charge is -2.03. The van der Waals surface area contributed by atoms with Gasteiger partial charge < -0.3 is 5.73 Å².